The van der Waals surface area contributed by atoms with E-state index in [1.165, 1.54) is 12.1 Å². The maximum Gasteiger partial charge on any atom is 0.407 e. The minimum absolute atomic E-state index is 0.187. The van der Waals surface area contributed by atoms with Crippen molar-refractivity contribution in [2.24, 2.45) is 17.8 Å². The Bertz CT molecular complexity index is 2050. The lowest BCUT2D eigenvalue weighted by Gasteiger charge is -2.38. The molecule has 3 aliphatic carbocycles. The number of aliphatic hydroxyl groups is 1. The SMILES string of the molecule is CC(C)(C)OC(=O)NC1CC2CCC(C1)C2C(=O)C(NC(=O)C(O)c1ccc2cc(OC3CCCC3)ccc2c1)C(F)(F)c1ccc(-c2ccc(Cl)cc2)cc1. The molecule has 3 N–H and O–H groups in total. The first-order valence-electron chi connectivity index (χ1n) is 19.6. The van der Waals surface area contributed by atoms with Gasteiger partial charge in [-0.3, -0.25) is 9.59 Å². The Morgan fingerprint density at radius 2 is 1.39 bits per heavy atom. The van der Waals surface area contributed by atoms with Gasteiger partial charge in [-0.1, -0.05) is 66.2 Å². The number of alkyl carbamates (subject to hydrolysis) is 1. The minimum atomic E-state index is -3.84. The molecule has 0 aromatic heterocycles. The second kappa shape index (κ2) is 16.1. The summed E-state index contributed by atoms with van der Waals surface area (Å²) in [4.78, 5) is 40.9. The maximum atomic E-state index is 16.9. The number of rotatable bonds is 11. The number of hydrogen-bond donors (Lipinski definition) is 3. The lowest BCUT2D eigenvalue weighted by molar-refractivity contribution is -0.148. The van der Waals surface area contributed by atoms with Crippen molar-refractivity contribution in [3.05, 3.63) is 101 Å². The number of carbonyl (C=O) groups is 3. The zero-order valence-electron chi connectivity index (χ0n) is 31.9. The standard InChI is InChI=1S/C45H49ClF2N2O6/c1-44(2,3)56-43(54)49-35-23-30-9-10-31(24-35)38(30)40(52)41(45(47,48)33-17-12-26(13-18-33)27-14-19-34(46)20-15-27)50-42(53)39(51)32-11-8-29-25-37(21-16-28(29)22-32)55-36-6-4-5-7-36/h8,11-22,25,30-31,35-36,38-39,41,51H,4-7,9-10,23-24H2,1-3H3,(H,49,54)(H,50,53). The van der Waals surface area contributed by atoms with E-state index in [0.717, 1.165) is 47.8 Å². The van der Waals surface area contributed by atoms with Crippen LogP contribution in [0.2, 0.25) is 5.02 Å². The average Bonchev–Trinajstić information content (AvgIpc) is 3.77. The molecular weight excluding hydrogens is 738 g/mol. The van der Waals surface area contributed by atoms with Gasteiger partial charge in [0.25, 0.3) is 11.8 Å². The van der Waals surface area contributed by atoms with Gasteiger partial charge >= 0.3 is 6.09 Å². The number of alkyl halides is 2. The summed E-state index contributed by atoms with van der Waals surface area (Å²) < 4.78 is 45.4. The summed E-state index contributed by atoms with van der Waals surface area (Å²) in [7, 11) is 0. The monoisotopic (exact) mass is 786 g/mol. The highest BCUT2D eigenvalue weighted by Crippen LogP contribution is 2.49. The Balaban J connectivity index is 1.13. The Kier molecular flexibility index (Phi) is 11.4. The quantitative estimate of drug-likeness (QED) is 0.140. The zero-order chi connectivity index (χ0) is 39.8. The third-order valence-electron chi connectivity index (χ3n) is 11.5. The summed E-state index contributed by atoms with van der Waals surface area (Å²) >= 11 is 6.04. The van der Waals surface area contributed by atoms with Crippen LogP contribution in [0.15, 0.2) is 84.9 Å². The van der Waals surface area contributed by atoms with E-state index in [4.69, 9.17) is 21.1 Å². The van der Waals surface area contributed by atoms with E-state index < -0.39 is 52.9 Å². The van der Waals surface area contributed by atoms with E-state index in [1.807, 2.05) is 18.2 Å². The number of amides is 2. The fourth-order valence-electron chi connectivity index (χ4n) is 8.87. The summed E-state index contributed by atoms with van der Waals surface area (Å²) in [6, 6.07) is 20.6. The van der Waals surface area contributed by atoms with Crippen LogP contribution in [0.1, 0.15) is 89.4 Å². The van der Waals surface area contributed by atoms with Crippen molar-refractivity contribution in [3.63, 3.8) is 0 Å². The summed E-state index contributed by atoms with van der Waals surface area (Å²) in [6.07, 6.45) is 4.22. The number of ketones is 1. The van der Waals surface area contributed by atoms with E-state index in [-0.39, 0.29) is 29.5 Å². The Hall–Kier alpha value is -4.54. The molecule has 4 atom stereocenters. The van der Waals surface area contributed by atoms with Crippen molar-refractivity contribution in [1.82, 2.24) is 10.6 Å². The van der Waals surface area contributed by atoms with Gasteiger partial charge in [0.2, 0.25) is 0 Å². The smallest absolute Gasteiger partial charge is 0.407 e. The number of benzene rings is 4. The molecule has 3 saturated carbocycles. The molecule has 0 radical (unpaired) electrons. The van der Waals surface area contributed by atoms with E-state index in [1.54, 1.807) is 75.4 Å². The topological polar surface area (TPSA) is 114 Å². The molecule has 4 unspecified atom stereocenters. The Morgan fingerprint density at radius 1 is 0.804 bits per heavy atom. The second-order valence-corrected chi connectivity index (χ2v) is 17.1. The molecule has 2 bridgehead atoms. The number of carbonyl (C=O) groups excluding carboxylic acids is 3. The summed E-state index contributed by atoms with van der Waals surface area (Å²) in [5.41, 5.74) is 0.512. The third-order valence-corrected chi connectivity index (χ3v) is 11.8. The molecule has 8 nitrogen and oxygen atoms in total. The van der Waals surface area contributed by atoms with Crippen molar-refractivity contribution < 1.29 is 37.7 Å². The first-order chi connectivity index (χ1) is 26.6. The molecule has 2 amide bonds. The molecule has 296 valence electrons. The maximum absolute atomic E-state index is 16.9. The largest absolute Gasteiger partial charge is 0.490 e. The predicted molar refractivity (Wildman–Crippen MR) is 212 cm³/mol. The fraction of sp³-hybridized carbons (Fsp3) is 0.444. The zero-order valence-corrected chi connectivity index (χ0v) is 32.7. The Labute approximate surface area is 331 Å². The van der Waals surface area contributed by atoms with Crippen molar-refractivity contribution in [1.29, 1.82) is 0 Å². The molecule has 3 fully saturated rings. The van der Waals surface area contributed by atoms with E-state index in [9.17, 15) is 19.5 Å². The highest BCUT2D eigenvalue weighted by atomic mass is 35.5. The van der Waals surface area contributed by atoms with E-state index in [0.29, 0.717) is 36.3 Å². The third kappa shape index (κ3) is 8.87. The summed E-state index contributed by atoms with van der Waals surface area (Å²) in [5.74, 6) is -6.32. The molecule has 0 spiro atoms. The van der Waals surface area contributed by atoms with Crippen LogP contribution < -0.4 is 15.4 Å². The van der Waals surface area contributed by atoms with Crippen LogP contribution in [0.4, 0.5) is 13.6 Å². The van der Waals surface area contributed by atoms with Gasteiger partial charge in [-0.2, -0.15) is 8.78 Å². The molecule has 0 saturated heterocycles. The minimum Gasteiger partial charge on any atom is -0.490 e. The molecule has 56 heavy (non-hydrogen) atoms. The number of Topliss-reactive ketones (excluding diaryl/α,β-unsaturated/α-hetero) is 1. The number of halogens is 3. The number of ether oxygens (including phenoxy) is 2. The van der Waals surface area contributed by atoms with E-state index >= 15 is 8.78 Å². The number of fused-ring (bicyclic) bond motifs is 3. The molecule has 7 rings (SSSR count). The second-order valence-electron chi connectivity index (χ2n) is 16.7. The number of hydrogen-bond acceptors (Lipinski definition) is 6. The molecule has 0 aliphatic heterocycles. The van der Waals surface area contributed by atoms with Gasteiger partial charge in [0.05, 0.1) is 6.10 Å². The molecular formula is C45H49ClF2N2O6. The van der Waals surface area contributed by atoms with Crippen LogP contribution in [0.3, 0.4) is 0 Å². The van der Waals surface area contributed by atoms with Crippen molar-refractivity contribution >= 4 is 40.2 Å². The highest BCUT2D eigenvalue weighted by Gasteiger charge is 2.55. The van der Waals surface area contributed by atoms with Crippen LogP contribution in [-0.2, 0) is 20.2 Å². The van der Waals surface area contributed by atoms with Crippen molar-refractivity contribution in [3.8, 4) is 16.9 Å². The van der Waals surface area contributed by atoms with Crippen LogP contribution in [-0.4, -0.2) is 46.7 Å². The lowest BCUT2D eigenvalue weighted by atomic mass is 9.71. The van der Waals surface area contributed by atoms with Gasteiger partial charge in [0.15, 0.2) is 17.9 Å². The molecule has 3 aliphatic rings. The van der Waals surface area contributed by atoms with E-state index in [2.05, 4.69) is 10.6 Å². The lowest BCUT2D eigenvalue weighted by Crippen LogP contribution is -2.56. The van der Waals surface area contributed by atoms with Crippen LogP contribution in [0, 0.1) is 17.8 Å². The van der Waals surface area contributed by atoms with Crippen LogP contribution >= 0.6 is 11.6 Å². The van der Waals surface area contributed by atoms with Crippen LogP contribution in [0.5, 0.6) is 5.75 Å². The van der Waals surface area contributed by atoms with Crippen molar-refractivity contribution in [2.45, 2.75) is 108 Å². The fourth-order valence-corrected chi connectivity index (χ4v) is 8.99. The van der Waals surface area contributed by atoms with Gasteiger partial charge in [-0.25, -0.2) is 4.79 Å². The predicted octanol–water partition coefficient (Wildman–Crippen LogP) is 9.69. The van der Waals surface area contributed by atoms with Gasteiger partial charge in [-0.05, 0) is 142 Å². The highest BCUT2D eigenvalue weighted by molar-refractivity contribution is 6.30. The summed E-state index contributed by atoms with van der Waals surface area (Å²) in [5, 5.41) is 18.7. The first-order valence-corrected chi connectivity index (χ1v) is 20.0. The molecule has 11 heteroatoms. The van der Waals surface area contributed by atoms with Crippen molar-refractivity contribution in [2.75, 3.05) is 0 Å². The summed E-state index contributed by atoms with van der Waals surface area (Å²) in [6.45, 7) is 5.31. The van der Waals surface area contributed by atoms with Gasteiger partial charge in [-0.15, -0.1) is 0 Å². The van der Waals surface area contributed by atoms with Gasteiger partial charge < -0.3 is 25.2 Å². The molecule has 4 aromatic carbocycles. The Morgan fingerprint density at radius 3 is 2.02 bits per heavy atom. The normalized spacial score (nSPS) is 22.3. The van der Waals surface area contributed by atoms with Crippen LogP contribution in [0.25, 0.3) is 21.9 Å². The van der Waals surface area contributed by atoms with Gasteiger partial charge in [0, 0.05) is 22.5 Å². The van der Waals surface area contributed by atoms with Gasteiger partial charge in [0.1, 0.15) is 11.4 Å². The molecule has 0 heterocycles. The number of nitrogens with one attached hydrogen (secondary N) is 2. The number of aliphatic hydroxyl groups excluding tert-OH is 1. The molecule has 4 aromatic rings. The first kappa shape index (κ1) is 39.7. The average molecular weight is 787 g/mol.